The van der Waals surface area contributed by atoms with Crippen molar-refractivity contribution in [1.82, 2.24) is 15.2 Å². The Morgan fingerprint density at radius 2 is 2.23 bits per heavy atom. The maximum atomic E-state index is 14.5. The van der Waals surface area contributed by atoms with Crippen molar-refractivity contribution in [2.24, 2.45) is 0 Å². The standard InChI is InChI=1S/C19H27ClFN5O3S2/c20-15-10-18(31(28,29)25-19-24-6-9-30-19)16(21)11-17(15)23-5-1-2-7-26-8-3-4-22-12-14(26)13-27/h6,9-11,14,22-23,27H,1-5,7-8,12-13H2,(H,24,25). The first-order valence-electron chi connectivity index (χ1n) is 10.1. The number of halogens is 2. The Hall–Kier alpha value is -1.50. The highest BCUT2D eigenvalue weighted by molar-refractivity contribution is 7.93. The molecule has 0 aliphatic carbocycles. The Labute approximate surface area is 190 Å². The highest BCUT2D eigenvalue weighted by atomic mass is 35.5. The molecule has 1 aliphatic rings. The van der Waals surface area contributed by atoms with E-state index in [0.717, 1.165) is 68.9 Å². The second-order valence-electron chi connectivity index (χ2n) is 7.27. The molecule has 1 saturated heterocycles. The molecule has 0 saturated carbocycles. The smallest absolute Gasteiger partial charge is 0.266 e. The fraction of sp³-hybridized carbons (Fsp3) is 0.526. The zero-order valence-corrected chi connectivity index (χ0v) is 19.4. The van der Waals surface area contributed by atoms with Crippen LogP contribution in [0.2, 0.25) is 5.02 Å². The lowest BCUT2D eigenvalue weighted by molar-refractivity contribution is 0.130. The SMILES string of the molecule is O=S(=O)(Nc1nccs1)c1cc(Cl)c(NCCCCN2CCCNCC2CO)cc1F. The summed E-state index contributed by atoms with van der Waals surface area (Å²) in [5.41, 5.74) is 0.347. The second kappa shape index (κ2) is 11.4. The highest BCUT2D eigenvalue weighted by Crippen LogP contribution is 2.29. The summed E-state index contributed by atoms with van der Waals surface area (Å²) < 4.78 is 41.6. The molecule has 4 N–H and O–H groups in total. The summed E-state index contributed by atoms with van der Waals surface area (Å²) in [6.45, 7) is 4.27. The molecule has 2 heterocycles. The number of aliphatic hydroxyl groups is 1. The van der Waals surface area contributed by atoms with Crippen molar-refractivity contribution in [2.45, 2.75) is 30.2 Å². The van der Waals surface area contributed by atoms with Crippen molar-refractivity contribution in [3.63, 3.8) is 0 Å². The summed E-state index contributed by atoms with van der Waals surface area (Å²) in [6, 6.07) is 2.33. The number of anilines is 2. The number of sulfonamides is 1. The molecule has 0 spiro atoms. The van der Waals surface area contributed by atoms with Crippen LogP contribution in [-0.4, -0.2) is 68.8 Å². The molecule has 1 aromatic carbocycles. The van der Waals surface area contributed by atoms with Crippen LogP contribution in [0.5, 0.6) is 0 Å². The van der Waals surface area contributed by atoms with E-state index in [-0.39, 0.29) is 22.8 Å². The predicted octanol–water partition coefficient (Wildman–Crippen LogP) is 2.58. The van der Waals surface area contributed by atoms with Crippen molar-refractivity contribution in [3.8, 4) is 0 Å². The minimum absolute atomic E-state index is 0.125. The van der Waals surface area contributed by atoms with E-state index in [1.807, 2.05) is 0 Å². The van der Waals surface area contributed by atoms with E-state index in [0.29, 0.717) is 12.2 Å². The molecule has 172 valence electrons. The maximum absolute atomic E-state index is 14.5. The van der Waals surface area contributed by atoms with Gasteiger partial charge in [0.1, 0.15) is 10.7 Å². The van der Waals surface area contributed by atoms with Crippen molar-refractivity contribution in [3.05, 3.63) is 34.5 Å². The topological polar surface area (TPSA) is 107 Å². The molecule has 1 atom stereocenters. The maximum Gasteiger partial charge on any atom is 0.266 e. The van der Waals surface area contributed by atoms with Crippen molar-refractivity contribution in [1.29, 1.82) is 0 Å². The fourth-order valence-electron chi connectivity index (χ4n) is 3.44. The van der Waals surface area contributed by atoms with Gasteiger partial charge in [0.2, 0.25) is 0 Å². The molecule has 31 heavy (non-hydrogen) atoms. The Balaban J connectivity index is 1.52. The van der Waals surface area contributed by atoms with Crippen LogP contribution in [0.15, 0.2) is 28.6 Å². The average molecular weight is 492 g/mol. The zero-order valence-electron chi connectivity index (χ0n) is 17.0. The number of thiazole rings is 1. The first-order valence-corrected chi connectivity index (χ1v) is 12.9. The van der Waals surface area contributed by atoms with Crippen LogP contribution in [0.25, 0.3) is 0 Å². The van der Waals surface area contributed by atoms with Crippen LogP contribution in [-0.2, 0) is 10.0 Å². The van der Waals surface area contributed by atoms with Gasteiger partial charge in [0, 0.05) is 30.7 Å². The third kappa shape index (κ3) is 6.74. The summed E-state index contributed by atoms with van der Waals surface area (Å²) >= 11 is 7.30. The van der Waals surface area contributed by atoms with Gasteiger partial charge in [-0.05, 0) is 51.0 Å². The highest BCUT2D eigenvalue weighted by Gasteiger charge is 2.23. The van der Waals surface area contributed by atoms with Crippen LogP contribution in [0.3, 0.4) is 0 Å². The van der Waals surface area contributed by atoms with Crippen molar-refractivity contribution >= 4 is 43.8 Å². The number of benzene rings is 1. The summed E-state index contributed by atoms with van der Waals surface area (Å²) in [7, 11) is -4.13. The Morgan fingerprint density at radius 1 is 1.39 bits per heavy atom. The number of aliphatic hydroxyl groups excluding tert-OH is 1. The number of nitrogens with one attached hydrogen (secondary N) is 3. The average Bonchev–Trinajstić information content (AvgIpc) is 3.12. The van der Waals surface area contributed by atoms with Gasteiger partial charge in [0.25, 0.3) is 10.0 Å². The third-order valence-corrected chi connectivity index (χ3v) is 7.54. The molecule has 1 aromatic heterocycles. The number of hydrogen-bond acceptors (Lipinski definition) is 8. The van der Waals surface area contributed by atoms with Gasteiger partial charge in [0.05, 0.1) is 17.3 Å². The molecule has 0 amide bonds. The summed E-state index contributed by atoms with van der Waals surface area (Å²) in [4.78, 5) is 5.61. The van der Waals surface area contributed by atoms with Gasteiger partial charge in [-0.3, -0.25) is 9.62 Å². The van der Waals surface area contributed by atoms with Crippen LogP contribution in [0, 0.1) is 5.82 Å². The first kappa shape index (κ1) is 24.1. The minimum Gasteiger partial charge on any atom is -0.395 e. The van der Waals surface area contributed by atoms with E-state index in [2.05, 4.69) is 25.2 Å². The minimum atomic E-state index is -4.13. The van der Waals surface area contributed by atoms with Crippen molar-refractivity contribution < 1.29 is 17.9 Å². The van der Waals surface area contributed by atoms with Gasteiger partial charge < -0.3 is 15.7 Å². The van der Waals surface area contributed by atoms with E-state index in [1.54, 1.807) is 5.38 Å². The van der Waals surface area contributed by atoms with Gasteiger partial charge in [0.15, 0.2) is 5.13 Å². The number of nitrogens with zero attached hydrogens (tertiary/aromatic N) is 2. The van der Waals surface area contributed by atoms with Gasteiger partial charge in [-0.1, -0.05) is 11.6 Å². The number of aromatic nitrogens is 1. The van der Waals surface area contributed by atoms with Crippen LogP contribution in [0.4, 0.5) is 15.2 Å². The summed E-state index contributed by atoms with van der Waals surface area (Å²) in [5.74, 6) is -0.890. The molecule has 3 rings (SSSR count). The van der Waals surface area contributed by atoms with Crippen LogP contribution in [0.1, 0.15) is 19.3 Å². The normalized spacial score (nSPS) is 18.0. The van der Waals surface area contributed by atoms with Crippen molar-refractivity contribution in [2.75, 3.05) is 49.4 Å². The van der Waals surface area contributed by atoms with Gasteiger partial charge >= 0.3 is 0 Å². The predicted molar refractivity (Wildman–Crippen MR) is 122 cm³/mol. The van der Waals surface area contributed by atoms with Crippen LogP contribution < -0.4 is 15.4 Å². The number of rotatable bonds is 10. The van der Waals surface area contributed by atoms with E-state index < -0.39 is 20.7 Å². The van der Waals surface area contributed by atoms with Gasteiger partial charge in [-0.25, -0.2) is 17.8 Å². The molecule has 12 heteroatoms. The van der Waals surface area contributed by atoms with E-state index in [9.17, 15) is 17.9 Å². The number of hydrogen-bond donors (Lipinski definition) is 4. The lowest BCUT2D eigenvalue weighted by Crippen LogP contribution is -2.42. The molecule has 1 fully saturated rings. The molecule has 0 bridgehead atoms. The first-order chi connectivity index (χ1) is 14.9. The monoisotopic (exact) mass is 491 g/mol. The second-order valence-corrected chi connectivity index (χ2v) is 10.2. The quantitative estimate of drug-likeness (QED) is 0.378. The molecule has 8 nitrogen and oxygen atoms in total. The lowest BCUT2D eigenvalue weighted by Gasteiger charge is -2.28. The Morgan fingerprint density at radius 3 is 2.97 bits per heavy atom. The molecular formula is C19H27ClFN5O3S2. The number of unbranched alkanes of at least 4 members (excludes halogenated alkanes) is 1. The fourth-order valence-corrected chi connectivity index (χ4v) is 5.61. The molecule has 0 radical (unpaired) electrons. The molecule has 2 aromatic rings. The van der Waals surface area contributed by atoms with E-state index in [4.69, 9.17) is 11.6 Å². The van der Waals surface area contributed by atoms with Gasteiger partial charge in [-0.2, -0.15) is 0 Å². The van der Waals surface area contributed by atoms with Crippen LogP contribution >= 0.6 is 22.9 Å². The third-order valence-electron chi connectivity index (χ3n) is 5.06. The van der Waals surface area contributed by atoms with E-state index >= 15 is 0 Å². The summed E-state index contributed by atoms with van der Waals surface area (Å²) in [6.07, 6.45) is 4.24. The van der Waals surface area contributed by atoms with Gasteiger partial charge in [-0.15, -0.1) is 11.3 Å². The molecule has 1 aliphatic heterocycles. The van der Waals surface area contributed by atoms with E-state index in [1.165, 1.54) is 6.20 Å². The molecular weight excluding hydrogens is 465 g/mol. The zero-order chi connectivity index (χ0) is 22.3. The summed E-state index contributed by atoms with van der Waals surface area (Å²) in [5, 5.41) is 17.8. The molecule has 1 unspecified atom stereocenters. The lowest BCUT2D eigenvalue weighted by atomic mass is 10.2. The Kier molecular flexibility index (Phi) is 8.87. The Bertz CT molecular complexity index is 946. The largest absolute Gasteiger partial charge is 0.395 e.